The first-order valence-electron chi connectivity index (χ1n) is 8.39. The van der Waals surface area contributed by atoms with Gasteiger partial charge in [-0.15, -0.1) is 0 Å². The van der Waals surface area contributed by atoms with Gasteiger partial charge >= 0.3 is 5.97 Å². The minimum Gasteiger partial charge on any atom is -0.449 e. The number of benzene rings is 3. The van der Waals surface area contributed by atoms with Crippen LogP contribution in [0.2, 0.25) is 0 Å². The van der Waals surface area contributed by atoms with E-state index >= 15 is 0 Å². The highest BCUT2D eigenvalue weighted by Gasteiger charge is 2.21. The molecule has 3 aromatic rings. The van der Waals surface area contributed by atoms with Crippen LogP contribution in [0.4, 0.5) is 5.69 Å². The molecule has 0 radical (unpaired) electrons. The van der Waals surface area contributed by atoms with Gasteiger partial charge in [0.05, 0.1) is 21.3 Å². The van der Waals surface area contributed by atoms with E-state index in [-0.39, 0.29) is 5.56 Å². The van der Waals surface area contributed by atoms with Crippen LogP contribution in [-0.2, 0) is 20.3 Å². The van der Waals surface area contributed by atoms with Crippen molar-refractivity contribution in [2.45, 2.75) is 17.9 Å². The van der Waals surface area contributed by atoms with Crippen molar-refractivity contribution in [1.82, 2.24) is 0 Å². The summed E-state index contributed by atoms with van der Waals surface area (Å²) in [6, 6.07) is 19.9. The third-order valence-corrected chi connectivity index (χ3v) is 5.06. The molecule has 6 heteroatoms. The largest absolute Gasteiger partial charge is 0.449 e. The summed E-state index contributed by atoms with van der Waals surface area (Å²) in [4.78, 5) is 25.1. The summed E-state index contributed by atoms with van der Waals surface area (Å²) in [7, 11) is -1.33. The molecular formula is C21H19NO4S. The van der Waals surface area contributed by atoms with Gasteiger partial charge < -0.3 is 10.1 Å². The second kappa shape index (κ2) is 8.14. The number of carbonyl (C=O) groups is 2. The van der Waals surface area contributed by atoms with E-state index in [4.69, 9.17) is 4.74 Å². The molecule has 0 spiro atoms. The molecular weight excluding hydrogens is 362 g/mol. The Bertz CT molecular complexity index is 1030. The van der Waals surface area contributed by atoms with Gasteiger partial charge in [-0.05, 0) is 42.0 Å². The van der Waals surface area contributed by atoms with Gasteiger partial charge in [-0.2, -0.15) is 0 Å². The highest BCUT2D eigenvalue weighted by Crippen LogP contribution is 2.19. The molecule has 0 bridgehead atoms. The normalized spacial score (nSPS) is 13.0. The van der Waals surface area contributed by atoms with Crippen molar-refractivity contribution in [3.63, 3.8) is 0 Å². The first-order chi connectivity index (χ1) is 13.0. The zero-order chi connectivity index (χ0) is 19.4. The van der Waals surface area contributed by atoms with E-state index in [1.165, 1.54) is 19.2 Å². The zero-order valence-corrected chi connectivity index (χ0v) is 15.8. The Morgan fingerprint density at radius 2 is 1.63 bits per heavy atom. The van der Waals surface area contributed by atoms with E-state index in [9.17, 15) is 13.8 Å². The second-order valence-corrected chi connectivity index (χ2v) is 7.40. The molecule has 0 saturated carbocycles. The van der Waals surface area contributed by atoms with E-state index in [1.54, 1.807) is 24.3 Å². The van der Waals surface area contributed by atoms with Gasteiger partial charge in [0.15, 0.2) is 6.10 Å². The van der Waals surface area contributed by atoms with Crippen LogP contribution in [0.3, 0.4) is 0 Å². The molecule has 138 valence electrons. The van der Waals surface area contributed by atoms with Crippen LogP contribution in [0.5, 0.6) is 0 Å². The van der Waals surface area contributed by atoms with E-state index < -0.39 is 28.8 Å². The van der Waals surface area contributed by atoms with Crippen LogP contribution in [-0.4, -0.2) is 28.4 Å². The highest BCUT2D eigenvalue weighted by molar-refractivity contribution is 7.84. The molecule has 0 fully saturated rings. The maximum atomic E-state index is 12.4. The summed E-state index contributed by atoms with van der Waals surface area (Å²) in [5.41, 5.74) is 0.820. The molecule has 0 aliphatic carbocycles. The number of fused-ring (bicyclic) bond motifs is 1. The van der Waals surface area contributed by atoms with Crippen molar-refractivity contribution >= 4 is 39.1 Å². The maximum absolute atomic E-state index is 12.4. The van der Waals surface area contributed by atoms with Crippen molar-refractivity contribution in [3.8, 4) is 0 Å². The van der Waals surface area contributed by atoms with E-state index in [2.05, 4.69) is 5.32 Å². The number of esters is 1. The number of ether oxygens (including phenoxy) is 1. The number of anilines is 1. The van der Waals surface area contributed by atoms with E-state index in [0.29, 0.717) is 10.6 Å². The Kier molecular flexibility index (Phi) is 5.66. The fourth-order valence-electron chi connectivity index (χ4n) is 2.67. The summed E-state index contributed by atoms with van der Waals surface area (Å²) in [6.45, 7) is 1.50. The average Bonchev–Trinajstić information content (AvgIpc) is 2.67. The van der Waals surface area contributed by atoms with Crippen molar-refractivity contribution in [3.05, 3.63) is 72.3 Å². The monoisotopic (exact) mass is 381 g/mol. The molecule has 3 aromatic carbocycles. The molecule has 1 N–H and O–H groups in total. The quantitative estimate of drug-likeness (QED) is 0.683. The minimum absolute atomic E-state index is 0.198. The van der Waals surface area contributed by atoms with E-state index in [1.807, 2.05) is 36.4 Å². The molecule has 0 aliphatic heterocycles. The van der Waals surface area contributed by atoms with Crippen LogP contribution in [0.1, 0.15) is 17.3 Å². The summed E-state index contributed by atoms with van der Waals surface area (Å²) in [5.74, 6) is -1.12. The Balaban J connectivity index is 1.70. The number of amides is 1. The lowest BCUT2D eigenvalue weighted by Crippen LogP contribution is -2.30. The predicted molar refractivity (Wildman–Crippen MR) is 106 cm³/mol. The molecule has 27 heavy (non-hydrogen) atoms. The summed E-state index contributed by atoms with van der Waals surface area (Å²) in [6.07, 6.45) is 0.490. The van der Waals surface area contributed by atoms with E-state index in [0.717, 1.165) is 10.8 Å². The van der Waals surface area contributed by atoms with Gasteiger partial charge in [0.1, 0.15) is 0 Å². The summed E-state index contributed by atoms with van der Waals surface area (Å²) < 4.78 is 17.0. The Labute approximate surface area is 159 Å². The number of carbonyl (C=O) groups excluding carboxylic acids is 2. The van der Waals surface area contributed by atoms with Gasteiger partial charge in [-0.1, -0.05) is 42.5 Å². The van der Waals surface area contributed by atoms with Gasteiger partial charge in [-0.25, -0.2) is 4.79 Å². The predicted octanol–water partition coefficient (Wildman–Crippen LogP) is 3.76. The first-order valence-corrected chi connectivity index (χ1v) is 9.94. The molecule has 0 heterocycles. The lowest BCUT2D eigenvalue weighted by atomic mass is 10.1. The molecule has 0 aliphatic rings. The van der Waals surface area contributed by atoms with Gasteiger partial charge in [0, 0.05) is 11.9 Å². The molecule has 5 nitrogen and oxygen atoms in total. The summed E-state index contributed by atoms with van der Waals surface area (Å²) >= 11 is 0. The van der Waals surface area contributed by atoms with Crippen molar-refractivity contribution in [1.29, 1.82) is 0 Å². The average molecular weight is 381 g/mol. The number of nitrogens with one attached hydrogen (secondary N) is 1. The van der Waals surface area contributed by atoms with Crippen LogP contribution < -0.4 is 5.32 Å². The van der Waals surface area contributed by atoms with Crippen molar-refractivity contribution in [2.75, 3.05) is 11.6 Å². The third kappa shape index (κ3) is 4.41. The van der Waals surface area contributed by atoms with Crippen molar-refractivity contribution in [2.24, 2.45) is 0 Å². The number of rotatable bonds is 5. The standard InChI is InChI=1S/C21H19NO4S/c1-14(26-21(24)18-9-5-6-10-19(18)27(2)25)20(23)22-17-12-11-15-7-3-4-8-16(15)13-17/h3-14H,1-2H3,(H,22,23)/t14-,27+/m1/s1. The highest BCUT2D eigenvalue weighted by atomic mass is 32.2. The molecule has 0 saturated heterocycles. The second-order valence-electron chi connectivity index (χ2n) is 6.05. The van der Waals surface area contributed by atoms with Crippen LogP contribution in [0.15, 0.2) is 71.6 Å². The maximum Gasteiger partial charge on any atom is 0.340 e. The Morgan fingerprint density at radius 1 is 0.963 bits per heavy atom. The van der Waals surface area contributed by atoms with Gasteiger partial charge in [0.25, 0.3) is 5.91 Å². The smallest absolute Gasteiger partial charge is 0.340 e. The topological polar surface area (TPSA) is 72.5 Å². The fraction of sp³-hybridized carbons (Fsp3) is 0.143. The molecule has 0 unspecified atom stereocenters. The Hall–Kier alpha value is -2.99. The molecule has 0 aromatic heterocycles. The van der Waals surface area contributed by atoms with Crippen LogP contribution >= 0.6 is 0 Å². The number of hydrogen-bond acceptors (Lipinski definition) is 4. The third-order valence-electron chi connectivity index (χ3n) is 4.09. The summed E-state index contributed by atoms with van der Waals surface area (Å²) in [5, 5.41) is 4.82. The number of hydrogen-bond donors (Lipinski definition) is 1. The zero-order valence-electron chi connectivity index (χ0n) is 15.0. The first kappa shape index (κ1) is 18.8. The molecule has 3 rings (SSSR count). The lowest BCUT2D eigenvalue weighted by Gasteiger charge is -2.15. The Morgan fingerprint density at radius 3 is 2.37 bits per heavy atom. The minimum atomic E-state index is -1.33. The molecule has 1 amide bonds. The lowest BCUT2D eigenvalue weighted by molar-refractivity contribution is -0.123. The fourth-order valence-corrected chi connectivity index (χ4v) is 3.41. The van der Waals surface area contributed by atoms with Crippen molar-refractivity contribution < 1.29 is 18.5 Å². The molecule has 2 atom stereocenters. The van der Waals surface area contributed by atoms with Gasteiger partial charge in [-0.3, -0.25) is 9.00 Å². The SMILES string of the molecule is C[C@@H](OC(=O)c1ccccc1[S@](C)=O)C(=O)Nc1ccc2ccccc2c1. The van der Waals surface area contributed by atoms with Gasteiger partial charge in [0.2, 0.25) is 0 Å². The van der Waals surface area contributed by atoms with Crippen LogP contribution in [0, 0.1) is 0 Å². The van der Waals surface area contributed by atoms with Crippen LogP contribution in [0.25, 0.3) is 10.8 Å².